The van der Waals surface area contributed by atoms with E-state index in [1.165, 1.54) is 10.4 Å². The van der Waals surface area contributed by atoms with Crippen LogP contribution in [0.4, 0.5) is 5.69 Å². The van der Waals surface area contributed by atoms with Gasteiger partial charge in [-0.3, -0.25) is 4.79 Å². The van der Waals surface area contributed by atoms with E-state index in [0.717, 1.165) is 30.6 Å². The van der Waals surface area contributed by atoms with Gasteiger partial charge in [0.1, 0.15) is 0 Å². The van der Waals surface area contributed by atoms with Crippen molar-refractivity contribution >= 4 is 22.9 Å². The van der Waals surface area contributed by atoms with Crippen LogP contribution in [0.3, 0.4) is 0 Å². The first-order valence-electron chi connectivity index (χ1n) is 6.92. The lowest BCUT2D eigenvalue weighted by molar-refractivity contribution is 0.0940. The molecule has 1 amide bonds. The molecule has 1 aromatic carbocycles. The molecule has 1 unspecified atom stereocenters. The first kappa shape index (κ1) is 13.2. The van der Waals surface area contributed by atoms with Crippen molar-refractivity contribution in [1.29, 1.82) is 0 Å². The molecule has 2 aromatic rings. The highest BCUT2D eigenvalue weighted by atomic mass is 32.1. The summed E-state index contributed by atoms with van der Waals surface area (Å²) in [5.74, 6) is 0.0174. The van der Waals surface area contributed by atoms with Gasteiger partial charge < -0.3 is 10.6 Å². The smallest absolute Gasteiger partial charge is 0.251 e. The lowest BCUT2D eigenvalue weighted by Gasteiger charge is -2.13. The van der Waals surface area contributed by atoms with Crippen molar-refractivity contribution < 1.29 is 4.79 Å². The van der Waals surface area contributed by atoms with E-state index in [0.29, 0.717) is 0 Å². The van der Waals surface area contributed by atoms with Gasteiger partial charge in [-0.15, -0.1) is 11.3 Å². The van der Waals surface area contributed by atoms with Crippen molar-refractivity contribution in [2.24, 2.45) is 0 Å². The maximum Gasteiger partial charge on any atom is 0.251 e. The van der Waals surface area contributed by atoms with Crippen LogP contribution >= 0.6 is 11.3 Å². The van der Waals surface area contributed by atoms with Crippen LogP contribution in [0.25, 0.3) is 0 Å². The summed E-state index contributed by atoms with van der Waals surface area (Å²) in [6, 6.07) is 10.2. The number of nitrogens with one attached hydrogen (secondary N) is 2. The summed E-state index contributed by atoms with van der Waals surface area (Å²) in [4.78, 5) is 13.6. The van der Waals surface area contributed by atoms with Crippen molar-refractivity contribution in [3.05, 3.63) is 51.7 Å². The summed E-state index contributed by atoms with van der Waals surface area (Å²) in [7, 11) is 0. The zero-order valence-electron chi connectivity index (χ0n) is 11.5. The van der Waals surface area contributed by atoms with E-state index in [1.54, 1.807) is 11.3 Å². The van der Waals surface area contributed by atoms with E-state index < -0.39 is 0 Å². The fourth-order valence-corrected chi connectivity index (χ4v) is 3.37. The molecule has 1 aliphatic rings. The van der Waals surface area contributed by atoms with Crippen LogP contribution in [0.15, 0.2) is 35.7 Å². The molecule has 0 radical (unpaired) electrons. The third-order valence-electron chi connectivity index (χ3n) is 3.54. The van der Waals surface area contributed by atoms with Gasteiger partial charge in [-0.05, 0) is 48.6 Å². The Bertz CT molecular complexity index is 607. The van der Waals surface area contributed by atoms with Crippen molar-refractivity contribution in [3.63, 3.8) is 0 Å². The number of amides is 1. The van der Waals surface area contributed by atoms with Crippen molar-refractivity contribution in [2.45, 2.75) is 25.8 Å². The molecule has 3 rings (SSSR count). The normalized spacial score (nSPS) is 14.4. The SMILES string of the molecule is CC(Cc1cccs1)NC(=O)c1ccc2c(c1)CCN2. The Morgan fingerprint density at radius 2 is 2.35 bits per heavy atom. The number of benzene rings is 1. The van der Waals surface area contributed by atoms with Crippen LogP contribution in [0, 0.1) is 0 Å². The molecule has 0 fully saturated rings. The summed E-state index contributed by atoms with van der Waals surface area (Å²) >= 11 is 1.73. The number of carbonyl (C=O) groups is 1. The molecule has 1 aromatic heterocycles. The van der Waals surface area contributed by atoms with E-state index >= 15 is 0 Å². The highest BCUT2D eigenvalue weighted by molar-refractivity contribution is 7.09. The molecule has 2 heterocycles. The van der Waals surface area contributed by atoms with E-state index in [1.807, 2.05) is 31.2 Å². The van der Waals surface area contributed by atoms with Gasteiger partial charge in [0.05, 0.1) is 0 Å². The topological polar surface area (TPSA) is 41.1 Å². The van der Waals surface area contributed by atoms with Gasteiger partial charge in [0, 0.05) is 35.1 Å². The summed E-state index contributed by atoms with van der Waals surface area (Å²) in [6.07, 6.45) is 1.89. The number of anilines is 1. The van der Waals surface area contributed by atoms with Crippen molar-refractivity contribution in [2.75, 3.05) is 11.9 Å². The van der Waals surface area contributed by atoms with Crippen LogP contribution in [0.2, 0.25) is 0 Å². The second kappa shape index (κ2) is 5.67. The Morgan fingerprint density at radius 3 is 3.15 bits per heavy atom. The molecular weight excluding hydrogens is 268 g/mol. The van der Waals surface area contributed by atoms with Crippen LogP contribution in [0.1, 0.15) is 27.7 Å². The minimum atomic E-state index is 0.0174. The van der Waals surface area contributed by atoms with Gasteiger partial charge in [-0.25, -0.2) is 0 Å². The number of carbonyl (C=O) groups excluding carboxylic acids is 1. The predicted octanol–water partition coefficient (Wildman–Crippen LogP) is 3.08. The second-order valence-corrected chi connectivity index (χ2v) is 6.24. The minimum Gasteiger partial charge on any atom is -0.384 e. The van der Waals surface area contributed by atoms with Gasteiger partial charge in [0.2, 0.25) is 0 Å². The number of hydrogen-bond donors (Lipinski definition) is 2. The Labute approximate surface area is 123 Å². The maximum atomic E-state index is 12.3. The quantitative estimate of drug-likeness (QED) is 0.907. The first-order valence-corrected chi connectivity index (χ1v) is 7.80. The van der Waals surface area contributed by atoms with Crippen LogP contribution < -0.4 is 10.6 Å². The molecule has 0 spiro atoms. The first-order chi connectivity index (χ1) is 9.72. The standard InChI is InChI=1S/C16H18N2OS/c1-11(9-14-3-2-8-20-14)18-16(19)13-4-5-15-12(10-13)6-7-17-15/h2-5,8,10-11,17H,6-7,9H2,1H3,(H,18,19). The lowest BCUT2D eigenvalue weighted by Crippen LogP contribution is -2.33. The molecule has 0 aliphatic carbocycles. The Kier molecular flexibility index (Phi) is 3.74. The average Bonchev–Trinajstić information content (AvgIpc) is 3.07. The molecule has 0 saturated heterocycles. The number of fused-ring (bicyclic) bond motifs is 1. The third kappa shape index (κ3) is 2.85. The number of thiophene rings is 1. The summed E-state index contributed by atoms with van der Waals surface area (Å²) in [5, 5.41) is 8.45. The third-order valence-corrected chi connectivity index (χ3v) is 4.44. The highest BCUT2D eigenvalue weighted by Gasteiger charge is 2.15. The van der Waals surface area contributed by atoms with Crippen LogP contribution in [-0.2, 0) is 12.8 Å². The molecule has 1 atom stereocenters. The molecule has 1 aliphatic heterocycles. The number of rotatable bonds is 4. The largest absolute Gasteiger partial charge is 0.384 e. The number of hydrogen-bond acceptors (Lipinski definition) is 3. The molecule has 0 saturated carbocycles. The van der Waals surface area contributed by atoms with Crippen molar-refractivity contribution in [1.82, 2.24) is 5.32 Å². The fraction of sp³-hybridized carbons (Fsp3) is 0.312. The summed E-state index contributed by atoms with van der Waals surface area (Å²) < 4.78 is 0. The Morgan fingerprint density at radius 1 is 1.45 bits per heavy atom. The molecule has 3 nitrogen and oxygen atoms in total. The lowest BCUT2D eigenvalue weighted by atomic mass is 10.1. The minimum absolute atomic E-state index is 0.0174. The van der Waals surface area contributed by atoms with Crippen LogP contribution in [0.5, 0.6) is 0 Å². The van der Waals surface area contributed by atoms with Gasteiger partial charge in [-0.1, -0.05) is 6.07 Å². The van der Waals surface area contributed by atoms with Crippen LogP contribution in [-0.4, -0.2) is 18.5 Å². The predicted molar refractivity (Wildman–Crippen MR) is 83.6 cm³/mol. The zero-order chi connectivity index (χ0) is 13.9. The van der Waals surface area contributed by atoms with Gasteiger partial charge in [0.25, 0.3) is 5.91 Å². The van der Waals surface area contributed by atoms with E-state index in [4.69, 9.17) is 0 Å². The van der Waals surface area contributed by atoms with Gasteiger partial charge >= 0.3 is 0 Å². The second-order valence-electron chi connectivity index (χ2n) is 5.21. The molecular formula is C16H18N2OS. The van der Waals surface area contributed by atoms with E-state index in [9.17, 15) is 4.79 Å². The Hall–Kier alpha value is -1.81. The average molecular weight is 286 g/mol. The zero-order valence-corrected chi connectivity index (χ0v) is 12.3. The fourth-order valence-electron chi connectivity index (χ4n) is 2.53. The van der Waals surface area contributed by atoms with Gasteiger partial charge in [0.15, 0.2) is 0 Å². The monoisotopic (exact) mass is 286 g/mol. The van der Waals surface area contributed by atoms with Gasteiger partial charge in [-0.2, -0.15) is 0 Å². The van der Waals surface area contributed by atoms with Crippen molar-refractivity contribution in [3.8, 4) is 0 Å². The summed E-state index contributed by atoms with van der Waals surface area (Å²) in [5.41, 5.74) is 3.15. The maximum absolute atomic E-state index is 12.3. The molecule has 20 heavy (non-hydrogen) atoms. The molecule has 2 N–H and O–H groups in total. The van der Waals surface area contributed by atoms with E-state index in [-0.39, 0.29) is 11.9 Å². The highest BCUT2D eigenvalue weighted by Crippen LogP contribution is 2.23. The molecule has 104 valence electrons. The van der Waals surface area contributed by atoms with E-state index in [2.05, 4.69) is 22.1 Å². The summed E-state index contributed by atoms with van der Waals surface area (Å²) in [6.45, 7) is 3.02. The molecule has 0 bridgehead atoms. The Balaban J connectivity index is 1.64. The molecule has 4 heteroatoms.